The lowest BCUT2D eigenvalue weighted by Crippen LogP contribution is -2.46. The predicted molar refractivity (Wildman–Crippen MR) is 41.7 cm³/mol. The summed E-state index contributed by atoms with van der Waals surface area (Å²) in [5, 5.41) is 18.3. The molecule has 2 aliphatic rings. The van der Waals surface area contributed by atoms with Crippen LogP contribution in [-0.2, 0) is 4.79 Å². The largest absolute Gasteiger partial charge is 0.481 e. The van der Waals surface area contributed by atoms with E-state index >= 15 is 0 Å². The molecule has 68 valence electrons. The van der Waals surface area contributed by atoms with Crippen molar-refractivity contribution < 1.29 is 15.0 Å². The van der Waals surface area contributed by atoms with Crippen LogP contribution in [0, 0.1) is 11.8 Å². The van der Waals surface area contributed by atoms with Gasteiger partial charge in [-0.2, -0.15) is 0 Å². The Bertz CT molecular complexity index is 206. The van der Waals surface area contributed by atoms with Crippen LogP contribution < -0.4 is 0 Å². The summed E-state index contributed by atoms with van der Waals surface area (Å²) in [4.78, 5) is 12.9. The monoisotopic (exact) mass is 171 g/mol. The second-order valence-corrected chi connectivity index (χ2v) is 3.74. The predicted octanol–water partition coefficient (Wildman–Crippen LogP) is -0.616. The average molecular weight is 171 g/mol. The highest BCUT2D eigenvalue weighted by molar-refractivity contribution is 5.71. The van der Waals surface area contributed by atoms with Crippen molar-refractivity contribution in [3.63, 3.8) is 0 Å². The number of carboxylic acid groups (broad SMARTS) is 1. The van der Waals surface area contributed by atoms with Crippen LogP contribution in [0.2, 0.25) is 0 Å². The van der Waals surface area contributed by atoms with E-state index in [0.717, 1.165) is 19.5 Å². The van der Waals surface area contributed by atoms with Crippen molar-refractivity contribution in [1.82, 2.24) is 4.90 Å². The molecule has 12 heavy (non-hydrogen) atoms. The molecule has 0 aromatic heterocycles. The van der Waals surface area contributed by atoms with Gasteiger partial charge < -0.3 is 15.1 Å². The molecular formula is C8H13NO3. The minimum atomic E-state index is -0.839. The maximum absolute atomic E-state index is 10.8. The van der Waals surface area contributed by atoms with Gasteiger partial charge >= 0.3 is 5.97 Å². The molecule has 4 nitrogen and oxygen atoms in total. The Labute approximate surface area is 70.8 Å². The van der Waals surface area contributed by atoms with Crippen LogP contribution in [0.15, 0.2) is 0 Å². The van der Waals surface area contributed by atoms with E-state index in [-0.39, 0.29) is 5.92 Å². The number of nitrogens with zero attached hydrogens (tertiary/aromatic N) is 1. The fourth-order valence-electron chi connectivity index (χ4n) is 2.38. The minimum Gasteiger partial charge on any atom is -0.481 e. The smallest absolute Gasteiger partial charge is 0.309 e. The van der Waals surface area contributed by atoms with Crippen LogP contribution in [0.5, 0.6) is 0 Å². The third-order valence-electron chi connectivity index (χ3n) is 2.96. The topological polar surface area (TPSA) is 60.8 Å². The first-order chi connectivity index (χ1) is 5.68. The van der Waals surface area contributed by atoms with Gasteiger partial charge in [0.2, 0.25) is 0 Å². The zero-order valence-electron chi connectivity index (χ0n) is 6.81. The Hall–Kier alpha value is -0.610. The molecule has 0 radical (unpaired) electrons. The number of hydrogen-bond donors (Lipinski definition) is 2. The van der Waals surface area contributed by atoms with Crippen molar-refractivity contribution >= 4 is 5.97 Å². The first kappa shape index (κ1) is 8.01. The van der Waals surface area contributed by atoms with E-state index in [9.17, 15) is 9.90 Å². The summed E-state index contributed by atoms with van der Waals surface area (Å²) in [5.41, 5.74) is 0. The van der Waals surface area contributed by atoms with E-state index in [1.807, 2.05) is 0 Å². The minimum absolute atomic E-state index is 0.172. The molecule has 4 heteroatoms. The van der Waals surface area contributed by atoms with Crippen LogP contribution in [-0.4, -0.2) is 46.8 Å². The van der Waals surface area contributed by atoms with Crippen molar-refractivity contribution in [3.8, 4) is 0 Å². The Morgan fingerprint density at radius 1 is 1.42 bits per heavy atom. The maximum atomic E-state index is 10.8. The highest BCUT2D eigenvalue weighted by Crippen LogP contribution is 2.32. The van der Waals surface area contributed by atoms with Gasteiger partial charge in [0.05, 0.1) is 12.0 Å². The molecule has 4 atom stereocenters. The summed E-state index contributed by atoms with van der Waals surface area (Å²) >= 11 is 0. The van der Waals surface area contributed by atoms with Gasteiger partial charge in [-0.05, 0) is 18.9 Å². The maximum Gasteiger partial charge on any atom is 0.309 e. The van der Waals surface area contributed by atoms with Crippen LogP contribution >= 0.6 is 0 Å². The quantitative estimate of drug-likeness (QED) is 0.552. The standard InChI is InChI=1S/C8H13NO3/c10-6-4-9-2-1-5(3-9)7(6)8(11)12/h5-7,10H,1-4H2,(H,11,12). The van der Waals surface area contributed by atoms with E-state index < -0.39 is 18.0 Å². The number of aliphatic hydroxyl groups excluding tert-OH is 1. The molecular weight excluding hydrogens is 158 g/mol. The molecule has 2 rings (SSSR count). The normalized spacial score (nSPS) is 46.1. The summed E-state index contributed by atoms with van der Waals surface area (Å²) in [7, 11) is 0. The van der Waals surface area contributed by atoms with Crippen LogP contribution in [0.1, 0.15) is 6.42 Å². The summed E-state index contributed by atoms with van der Waals surface area (Å²) in [6.07, 6.45) is 0.261. The molecule has 4 unspecified atom stereocenters. The highest BCUT2D eigenvalue weighted by Gasteiger charge is 2.43. The van der Waals surface area contributed by atoms with Gasteiger partial charge in [0, 0.05) is 13.1 Å². The van der Waals surface area contributed by atoms with Crippen LogP contribution in [0.4, 0.5) is 0 Å². The van der Waals surface area contributed by atoms with Crippen molar-refractivity contribution in [2.45, 2.75) is 12.5 Å². The summed E-state index contributed by atoms with van der Waals surface area (Å²) in [6.45, 7) is 2.34. The Morgan fingerprint density at radius 2 is 2.17 bits per heavy atom. The van der Waals surface area contributed by atoms with Gasteiger partial charge in [0.25, 0.3) is 0 Å². The van der Waals surface area contributed by atoms with Gasteiger partial charge in [0.15, 0.2) is 0 Å². The molecule has 0 saturated carbocycles. The van der Waals surface area contributed by atoms with E-state index in [2.05, 4.69) is 4.90 Å². The summed E-state index contributed by atoms with van der Waals surface area (Å²) in [6, 6.07) is 0. The molecule has 0 amide bonds. The number of carbonyl (C=O) groups is 1. The van der Waals surface area contributed by atoms with E-state index in [0.29, 0.717) is 6.54 Å². The van der Waals surface area contributed by atoms with Crippen LogP contribution in [0.3, 0.4) is 0 Å². The second-order valence-electron chi connectivity index (χ2n) is 3.74. The molecule has 2 fully saturated rings. The lowest BCUT2D eigenvalue weighted by molar-refractivity contribution is -0.150. The van der Waals surface area contributed by atoms with Crippen LogP contribution in [0.25, 0.3) is 0 Å². The van der Waals surface area contributed by atoms with Gasteiger partial charge in [-0.15, -0.1) is 0 Å². The van der Waals surface area contributed by atoms with Crippen molar-refractivity contribution in [3.05, 3.63) is 0 Å². The number of aliphatic carboxylic acids is 1. The molecule has 2 bridgehead atoms. The average Bonchev–Trinajstić information content (AvgIpc) is 2.31. The van der Waals surface area contributed by atoms with Gasteiger partial charge in [0.1, 0.15) is 0 Å². The first-order valence-corrected chi connectivity index (χ1v) is 4.31. The summed E-state index contributed by atoms with van der Waals surface area (Å²) in [5.74, 6) is -1.19. The molecule has 2 saturated heterocycles. The zero-order valence-corrected chi connectivity index (χ0v) is 6.81. The fraction of sp³-hybridized carbons (Fsp3) is 0.875. The first-order valence-electron chi connectivity index (χ1n) is 4.31. The summed E-state index contributed by atoms with van der Waals surface area (Å²) < 4.78 is 0. The number of rotatable bonds is 1. The van der Waals surface area contributed by atoms with Gasteiger partial charge in [-0.1, -0.05) is 0 Å². The van der Waals surface area contributed by atoms with Crippen molar-refractivity contribution in [2.24, 2.45) is 11.8 Å². The molecule has 0 aromatic rings. The SMILES string of the molecule is O=C(O)C1C(O)CN2CCC1C2. The van der Waals surface area contributed by atoms with E-state index in [1.54, 1.807) is 0 Å². The molecule has 2 N–H and O–H groups in total. The third kappa shape index (κ3) is 1.11. The number of fused-ring (bicyclic) bond motifs is 2. The molecule has 2 heterocycles. The Balaban J connectivity index is 2.15. The lowest BCUT2D eigenvalue weighted by Gasteiger charge is -2.31. The van der Waals surface area contributed by atoms with Crippen molar-refractivity contribution in [1.29, 1.82) is 0 Å². The van der Waals surface area contributed by atoms with Crippen molar-refractivity contribution in [2.75, 3.05) is 19.6 Å². The number of hydrogen-bond acceptors (Lipinski definition) is 3. The lowest BCUT2D eigenvalue weighted by atomic mass is 9.85. The number of aliphatic hydroxyl groups is 1. The molecule has 0 spiro atoms. The number of piperidine rings is 1. The Kier molecular flexibility index (Phi) is 1.81. The second kappa shape index (κ2) is 2.71. The molecule has 0 aliphatic carbocycles. The zero-order chi connectivity index (χ0) is 8.72. The fourth-order valence-corrected chi connectivity index (χ4v) is 2.38. The van der Waals surface area contributed by atoms with Gasteiger partial charge in [-0.25, -0.2) is 0 Å². The molecule has 0 aromatic carbocycles. The molecule has 2 aliphatic heterocycles. The number of carboxylic acids is 1. The van der Waals surface area contributed by atoms with Gasteiger partial charge in [-0.3, -0.25) is 4.79 Å². The third-order valence-corrected chi connectivity index (χ3v) is 2.96. The Morgan fingerprint density at radius 3 is 2.83 bits per heavy atom. The highest BCUT2D eigenvalue weighted by atomic mass is 16.4. The van der Waals surface area contributed by atoms with E-state index in [4.69, 9.17) is 5.11 Å². The van der Waals surface area contributed by atoms with E-state index in [1.165, 1.54) is 0 Å².